The highest BCUT2D eigenvalue weighted by molar-refractivity contribution is 5.95. The molecule has 28 heavy (non-hydrogen) atoms. The molecule has 0 saturated heterocycles. The zero-order valence-electron chi connectivity index (χ0n) is 15.7. The Morgan fingerprint density at radius 2 is 2.18 bits per heavy atom. The van der Waals surface area contributed by atoms with Crippen molar-refractivity contribution in [3.8, 4) is 5.75 Å². The van der Waals surface area contributed by atoms with Crippen LogP contribution in [0.5, 0.6) is 5.75 Å². The van der Waals surface area contributed by atoms with Gasteiger partial charge in [-0.1, -0.05) is 18.2 Å². The van der Waals surface area contributed by atoms with E-state index in [4.69, 9.17) is 4.74 Å². The van der Waals surface area contributed by atoms with E-state index in [-0.39, 0.29) is 18.4 Å². The first kappa shape index (κ1) is 17.8. The van der Waals surface area contributed by atoms with Gasteiger partial charge in [-0.05, 0) is 35.2 Å². The van der Waals surface area contributed by atoms with Gasteiger partial charge < -0.3 is 19.5 Å². The minimum absolute atomic E-state index is 0.0332. The molecule has 1 N–H and O–H groups in total. The maximum atomic E-state index is 12.5. The number of rotatable bonds is 4. The lowest BCUT2D eigenvalue weighted by Gasteiger charge is -2.17. The van der Waals surface area contributed by atoms with Crippen LogP contribution in [0.25, 0.3) is 17.0 Å². The molecule has 3 heterocycles. The molecule has 0 fully saturated rings. The predicted molar refractivity (Wildman–Crippen MR) is 107 cm³/mol. The van der Waals surface area contributed by atoms with Crippen LogP contribution < -0.4 is 10.1 Å². The molecule has 142 valence electrons. The monoisotopic (exact) mass is 376 g/mol. The van der Waals surface area contributed by atoms with Crippen molar-refractivity contribution >= 4 is 34.6 Å². The van der Waals surface area contributed by atoms with Crippen LogP contribution >= 0.6 is 0 Å². The van der Waals surface area contributed by atoms with E-state index < -0.39 is 0 Å². The molecule has 0 aliphatic carbocycles. The van der Waals surface area contributed by atoms with E-state index in [1.165, 1.54) is 6.08 Å². The zero-order valence-corrected chi connectivity index (χ0v) is 15.7. The molecule has 0 saturated carbocycles. The Morgan fingerprint density at radius 3 is 3.00 bits per heavy atom. The number of likely N-dealkylation sites (N-methyl/N-ethyl adjacent to an activating group) is 1. The van der Waals surface area contributed by atoms with Crippen LogP contribution in [0.1, 0.15) is 11.3 Å². The van der Waals surface area contributed by atoms with Crippen molar-refractivity contribution < 1.29 is 14.3 Å². The second-order valence-corrected chi connectivity index (χ2v) is 6.73. The summed E-state index contributed by atoms with van der Waals surface area (Å²) in [5.74, 6) is 0.552. The van der Waals surface area contributed by atoms with Gasteiger partial charge in [0, 0.05) is 37.6 Å². The smallest absolute Gasteiger partial charge is 0.263 e. The summed E-state index contributed by atoms with van der Waals surface area (Å²) in [5, 5.41) is 3.79. The van der Waals surface area contributed by atoms with E-state index in [0.717, 1.165) is 22.2 Å². The van der Waals surface area contributed by atoms with Gasteiger partial charge >= 0.3 is 0 Å². The molecular formula is C21H20N4O3. The zero-order chi connectivity index (χ0) is 19.7. The highest BCUT2D eigenvalue weighted by Crippen LogP contribution is 2.26. The number of anilines is 1. The van der Waals surface area contributed by atoms with Crippen molar-refractivity contribution in [2.24, 2.45) is 7.05 Å². The molecule has 0 spiro atoms. The molecule has 7 heteroatoms. The van der Waals surface area contributed by atoms with Crippen LogP contribution in [-0.4, -0.2) is 39.9 Å². The van der Waals surface area contributed by atoms with Gasteiger partial charge in [0.1, 0.15) is 0 Å². The third-order valence-electron chi connectivity index (χ3n) is 4.74. The summed E-state index contributed by atoms with van der Waals surface area (Å²) in [5.41, 5.74) is 2.92. The van der Waals surface area contributed by atoms with Crippen LogP contribution in [0.3, 0.4) is 0 Å². The van der Waals surface area contributed by atoms with Gasteiger partial charge in [0.05, 0.1) is 6.54 Å². The fourth-order valence-corrected chi connectivity index (χ4v) is 3.18. The van der Waals surface area contributed by atoms with Crippen molar-refractivity contribution in [1.29, 1.82) is 0 Å². The number of hydrogen-bond acceptors (Lipinski definition) is 4. The lowest BCUT2D eigenvalue weighted by Crippen LogP contribution is -2.26. The molecule has 1 aliphatic rings. The molecule has 1 aliphatic heterocycles. The largest absolute Gasteiger partial charge is 0.480 e. The van der Waals surface area contributed by atoms with Gasteiger partial charge in [-0.25, -0.2) is 4.98 Å². The first-order valence-corrected chi connectivity index (χ1v) is 8.90. The normalized spacial score (nSPS) is 13.3. The number of aryl methyl sites for hydroxylation is 1. The molecule has 7 nitrogen and oxygen atoms in total. The molecule has 0 unspecified atom stereocenters. The van der Waals surface area contributed by atoms with Crippen LogP contribution in [0, 0.1) is 0 Å². The number of carbonyl (C=O) groups is 2. The molecule has 2 amide bonds. The molecular weight excluding hydrogens is 356 g/mol. The van der Waals surface area contributed by atoms with E-state index in [2.05, 4.69) is 33.1 Å². The Hall–Kier alpha value is -3.61. The van der Waals surface area contributed by atoms with Crippen molar-refractivity contribution in [3.05, 3.63) is 59.9 Å². The quantitative estimate of drug-likeness (QED) is 0.710. The first-order valence-electron chi connectivity index (χ1n) is 8.90. The molecule has 0 bridgehead atoms. The van der Waals surface area contributed by atoms with Crippen LogP contribution in [-0.2, 0) is 23.2 Å². The molecule has 2 aromatic heterocycles. The van der Waals surface area contributed by atoms with Gasteiger partial charge in [-0.2, -0.15) is 0 Å². The highest BCUT2D eigenvalue weighted by Gasteiger charge is 2.17. The predicted octanol–water partition coefficient (Wildman–Crippen LogP) is 2.58. The van der Waals surface area contributed by atoms with Gasteiger partial charge in [0.25, 0.3) is 5.91 Å². The number of nitrogens with zero attached hydrogens (tertiary/aromatic N) is 3. The minimum Gasteiger partial charge on any atom is -0.480 e. The fraction of sp³-hybridized carbons (Fsp3) is 0.190. The fourth-order valence-electron chi connectivity index (χ4n) is 3.18. The summed E-state index contributed by atoms with van der Waals surface area (Å²) < 4.78 is 7.44. The van der Waals surface area contributed by atoms with E-state index in [1.807, 2.05) is 19.2 Å². The Bertz CT molecular complexity index is 1100. The van der Waals surface area contributed by atoms with E-state index >= 15 is 0 Å². The number of nitrogens with one attached hydrogen (secondary N) is 1. The summed E-state index contributed by atoms with van der Waals surface area (Å²) in [6.45, 7) is 0.473. The van der Waals surface area contributed by atoms with E-state index in [0.29, 0.717) is 18.1 Å². The van der Waals surface area contributed by atoms with Gasteiger partial charge in [-0.15, -0.1) is 0 Å². The molecule has 1 aromatic carbocycles. The minimum atomic E-state index is -0.228. The lowest BCUT2D eigenvalue weighted by atomic mass is 10.2. The average Bonchev–Trinajstić information content (AvgIpc) is 3.01. The SMILES string of the molecule is CN(Cc1cc2ccccc2n1C)C(=O)C=Cc1cnc2c(c1)OCC(=O)N2. The third-order valence-corrected chi connectivity index (χ3v) is 4.74. The van der Waals surface area contributed by atoms with Gasteiger partial charge in [0.2, 0.25) is 5.91 Å². The van der Waals surface area contributed by atoms with Gasteiger partial charge in [-0.3, -0.25) is 9.59 Å². The maximum Gasteiger partial charge on any atom is 0.263 e. The van der Waals surface area contributed by atoms with E-state index in [1.54, 1.807) is 30.3 Å². The summed E-state index contributed by atoms with van der Waals surface area (Å²) in [7, 11) is 3.78. The topological polar surface area (TPSA) is 76.5 Å². The molecule has 4 rings (SSSR count). The summed E-state index contributed by atoms with van der Waals surface area (Å²) in [6, 6.07) is 12.0. The number of amides is 2. The molecule has 3 aromatic rings. The number of benzene rings is 1. The number of aromatic nitrogens is 2. The van der Waals surface area contributed by atoms with Crippen molar-refractivity contribution in [2.45, 2.75) is 6.54 Å². The number of pyridine rings is 1. The van der Waals surface area contributed by atoms with Crippen molar-refractivity contribution in [2.75, 3.05) is 19.0 Å². The van der Waals surface area contributed by atoms with Crippen LogP contribution in [0.2, 0.25) is 0 Å². The second kappa shape index (κ2) is 7.19. The molecule has 0 radical (unpaired) electrons. The Kier molecular flexibility index (Phi) is 4.57. The number of ether oxygens (including phenoxy) is 1. The first-order chi connectivity index (χ1) is 13.5. The average molecular weight is 376 g/mol. The highest BCUT2D eigenvalue weighted by atomic mass is 16.5. The maximum absolute atomic E-state index is 12.5. The standard InChI is InChI=1S/C21H20N4O3/c1-24(12-16-10-15-5-3-4-6-17(15)25(16)2)20(27)8-7-14-9-18-21(22-11-14)23-19(26)13-28-18/h3-11H,12-13H2,1-2H3,(H,22,23,26). The van der Waals surface area contributed by atoms with Crippen LogP contribution in [0.15, 0.2) is 48.7 Å². The Balaban J connectivity index is 1.45. The van der Waals surface area contributed by atoms with Crippen molar-refractivity contribution in [1.82, 2.24) is 14.5 Å². The molecule has 0 atom stereocenters. The third kappa shape index (κ3) is 3.46. The van der Waals surface area contributed by atoms with Crippen molar-refractivity contribution in [3.63, 3.8) is 0 Å². The lowest BCUT2D eigenvalue weighted by molar-refractivity contribution is -0.125. The summed E-state index contributed by atoms with van der Waals surface area (Å²) in [4.78, 5) is 29.6. The Morgan fingerprint density at radius 1 is 1.36 bits per heavy atom. The number of para-hydroxylation sites is 1. The summed E-state index contributed by atoms with van der Waals surface area (Å²) >= 11 is 0. The summed E-state index contributed by atoms with van der Waals surface area (Å²) in [6.07, 6.45) is 4.78. The number of hydrogen-bond donors (Lipinski definition) is 1. The number of fused-ring (bicyclic) bond motifs is 2. The number of carbonyl (C=O) groups excluding carboxylic acids is 2. The van der Waals surface area contributed by atoms with Crippen LogP contribution in [0.4, 0.5) is 5.82 Å². The van der Waals surface area contributed by atoms with Gasteiger partial charge in [0.15, 0.2) is 18.2 Å². The second-order valence-electron chi connectivity index (χ2n) is 6.73. The Labute approximate surface area is 162 Å². The van der Waals surface area contributed by atoms with E-state index in [9.17, 15) is 9.59 Å².